The van der Waals surface area contributed by atoms with Crippen LogP contribution in [-0.4, -0.2) is 19.8 Å². The fraction of sp³-hybridized carbons (Fsp3) is 0.0833. The smallest absolute Gasteiger partial charge is 0.216 e. The summed E-state index contributed by atoms with van der Waals surface area (Å²) in [6.07, 6.45) is 0. The molecule has 2 heterocycles. The van der Waals surface area contributed by atoms with Gasteiger partial charge in [0, 0.05) is 5.56 Å². The molecule has 2 aromatic heterocycles. The fourth-order valence-electron chi connectivity index (χ4n) is 1.68. The lowest BCUT2D eigenvalue weighted by atomic mass is 10.1. The predicted octanol–water partition coefficient (Wildman–Crippen LogP) is 2.76. The van der Waals surface area contributed by atoms with Crippen LogP contribution in [0.15, 0.2) is 36.4 Å². The number of aromatic amines is 1. The SMILES string of the molecule is Cc1ccc(-c2ccc3n[nH]c(=S)n3n2)cc1. The van der Waals surface area contributed by atoms with Gasteiger partial charge in [-0.1, -0.05) is 29.8 Å². The number of nitrogens with zero attached hydrogens (tertiary/aromatic N) is 3. The summed E-state index contributed by atoms with van der Waals surface area (Å²) in [6.45, 7) is 2.06. The van der Waals surface area contributed by atoms with Crippen LogP contribution in [0.4, 0.5) is 0 Å². The van der Waals surface area contributed by atoms with Crippen LogP contribution in [0.1, 0.15) is 5.56 Å². The third-order valence-electron chi connectivity index (χ3n) is 2.62. The van der Waals surface area contributed by atoms with Gasteiger partial charge in [0.1, 0.15) is 0 Å². The molecule has 1 aromatic carbocycles. The molecule has 0 aliphatic carbocycles. The molecule has 0 radical (unpaired) electrons. The Balaban J connectivity index is 2.20. The second kappa shape index (κ2) is 3.78. The Kier molecular flexibility index (Phi) is 2.26. The number of benzene rings is 1. The van der Waals surface area contributed by atoms with Gasteiger partial charge in [0.2, 0.25) is 4.77 Å². The molecule has 5 heteroatoms. The summed E-state index contributed by atoms with van der Waals surface area (Å²) in [5.74, 6) is 0. The molecule has 0 saturated carbocycles. The summed E-state index contributed by atoms with van der Waals surface area (Å²) in [6, 6.07) is 12.1. The zero-order chi connectivity index (χ0) is 11.8. The lowest BCUT2D eigenvalue weighted by Gasteiger charge is -2.01. The first kappa shape index (κ1) is 10.2. The van der Waals surface area contributed by atoms with Gasteiger partial charge in [0.05, 0.1) is 5.69 Å². The van der Waals surface area contributed by atoms with Gasteiger partial charge in [0.15, 0.2) is 5.65 Å². The number of hydrogen-bond donors (Lipinski definition) is 1. The van der Waals surface area contributed by atoms with Crippen molar-refractivity contribution in [3.05, 3.63) is 46.7 Å². The van der Waals surface area contributed by atoms with E-state index in [0.29, 0.717) is 4.77 Å². The molecule has 0 saturated heterocycles. The van der Waals surface area contributed by atoms with Crippen LogP contribution in [0.2, 0.25) is 0 Å². The molecule has 0 atom stereocenters. The number of rotatable bonds is 1. The van der Waals surface area contributed by atoms with E-state index in [1.165, 1.54) is 5.56 Å². The second-order valence-electron chi connectivity index (χ2n) is 3.88. The Labute approximate surface area is 103 Å². The summed E-state index contributed by atoms with van der Waals surface area (Å²) in [7, 11) is 0. The van der Waals surface area contributed by atoms with Gasteiger partial charge >= 0.3 is 0 Å². The van der Waals surface area contributed by atoms with Crippen molar-refractivity contribution in [1.82, 2.24) is 19.8 Å². The average molecular weight is 242 g/mol. The Morgan fingerprint density at radius 2 is 1.88 bits per heavy atom. The van der Waals surface area contributed by atoms with E-state index in [2.05, 4.69) is 34.4 Å². The lowest BCUT2D eigenvalue weighted by molar-refractivity contribution is 0.915. The number of aromatic nitrogens is 4. The molecule has 0 amide bonds. The van der Waals surface area contributed by atoms with E-state index in [1.807, 2.05) is 24.3 Å². The molecule has 0 aliphatic heterocycles. The molecule has 0 bridgehead atoms. The molecule has 3 rings (SSSR count). The lowest BCUT2D eigenvalue weighted by Crippen LogP contribution is -1.94. The van der Waals surface area contributed by atoms with Crippen LogP contribution in [0.25, 0.3) is 16.9 Å². The number of aryl methyl sites for hydroxylation is 1. The molecule has 4 nitrogen and oxygen atoms in total. The molecule has 1 N–H and O–H groups in total. The molecular weight excluding hydrogens is 232 g/mol. The van der Waals surface area contributed by atoms with E-state index in [4.69, 9.17) is 12.2 Å². The van der Waals surface area contributed by atoms with Crippen molar-refractivity contribution in [3.63, 3.8) is 0 Å². The molecule has 84 valence electrons. The molecule has 0 spiro atoms. The van der Waals surface area contributed by atoms with E-state index in [1.54, 1.807) is 4.52 Å². The highest BCUT2D eigenvalue weighted by atomic mass is 32.1. The van der Waals surface area contributed by atoms with Gasteiger partial charge in [0.25, 0.3) is 0 Å². The Morgan fingerprint density at radius 3 is 2.65 bits per heavy atom. The van der Waals surface area contributed by atoms with Crippen molar-refractivity contribution >= 4 is 17.9 Å². The van der Waals surface area contributed by atoms with Crippen LogP contribution in [-0.2, 0) is 0 Å². The van der Waals surface area contributed by atoms with Crippen molar-refractivity contribution in [1.29, 1.82) is 0 Å². The second-order valence-corrected chi connectivity index (χ2v) is 4.27. The van der Waals surface area contributed by atoms with Crippen molar-refractivity contribution < 1.29 is 0 Å². The Hall–Kier alpha value is -2.01. The largest absolute Gasteiger partial charge is 0.250 e. The van der Waals surface area contributed by atoms with Crippen LogP contribution in [0.5, 0.6) is 0 Å². The van der Waals surface area contributed by atoms with Crippen molar-refractivity contribution in [2.24, 2.45) is 0 Å². The number of nitrogens with one attached hydrogen (secondary N) is 1. The number of fused-ring (bicyclic) bond motifs is 1. The van der Waals surface area contributed by atoms with E-state index < -0.39 is 0 Å². The maximum Gasteiger partial charge on any atom is 0.216 e. The summed E-state index contributed by atoms with van der Waals surface area (Å²) >= 11 is 5.10. The minimum absolute atomic E-state index is 0.508. The third-order valence-corrected chi connectivity index (χ3v) is 2.89. The molecule has 3 aromatic rings. The van der Waals surface area contributed by atoms with Gasteiger partial charge in [-0.2, -0.15) is 14.7 Å². The highest BCUT2D eigenvalue weighted by molar-refractivity contribution is 7.71. The first-order valence-electron chi connectivity index (χ1n) is 5.25. The highest BCUT2D eigenvalue weighted by Crippen LogP contribution is 2.17. The van der Waals surface area contributed by atoms with Crippen LogP contribution < -0.4 is 0 Å². The molecular formula is C12H10N4S. The third kappa shape index (κ3) is 1.74. The van der Waals surface area contributed by atoms with Gasteiger partial charge < -0.3 is 0 Å². The van der Waals surface area contributed by atoms with Crippen LogP contribution in [0.3, 0.4) is 0 Å². The van der Waals surface area contributed by atoms with E-state index in [0.717, 1.165) is 16.9 Å². The van der Waals surface area contributed by atoms with Gasteiger partial charge in [-0.3, -0.25) is 0 Å². The minimum Gasteiger partial charge on any atom is -0.250 e. The summed E-state index contributed by atoms with van der Waals surface area (Å²) < 4.78 is 2.14. The van der Waals surface area contributed by atoms with E-state index >= 15 is 0 Å². The maximum absolute atomic E-state index is 5.10. The predicted molar refractivity (Wildman–Crippen MR) is 68.3 cm³/mol. The van der Waals surface area contributed by atoms with Gasteiger partial charge in [-0.05, 0) is 31.3 Å². The first-order valence-corrected chi connectivity index (χ1v) is 5.66. The Bertz CT molecular complexity index is 724. The van der Waals surface area contributed by atoms with E-state index in [9.17, 15) is 0 Å². The van der Waals surface area contributed by atoms with Crippen LogP contribution in [0, 0.1) is 11.7 Å². The normalized spacial score (nSPS) is 10.9. The molecule has 17 heavy (non-hydrogen) atoms. The maximum atomic E-state index is 5.10. The monoisotopic (exact) mass is 242 g/mol. The van der Waals surface area contributed by atoms with Gasteiger partial charge in [-0.15, -0.1) is 0 Å². The minimum atomic E-state index is 0.508. The zero-order valence-electron chi connectivity index (χ0n) is 9.21. The topological polar surface area (TPSA) is 46.0 Å². The standard InChI is InChI=1S/C12H10N4S/c1-8-2-4-9(5-3-8)10-6-7-11-13-14-12(17)16(11)15-10/h2-7H,1H3,(H,14,17). The van der Waals surface area contributed by atoms with Crippen LogP contribution >= 0.6 is 12.2 Å². The molecule has 0 aliphatic rings. The first-order chi connectivity index (χ1) is 8.24. The average Bonchev–Trinajstić information content (AvgIpc) is 2.72. The number of H-pyrrole nitrogens is 1. The van der Waals surface area contributed by atoms with Gasteiger partial charge in [-0.25, -0.2) is 5.10 Å². The summed E-state index contributed by atoms with van der Waals surface area (Å²) in [5.41, 5.74) is 3.91. The van der Waals surface area contributed by atoms with Crippen molar-refractivity contribution in [2.45, 2.75) is 6.92 Å². The van der Waals surface area contributed by atoms with E-state index in [-0.39, 0.29) is 0 Å². The fourth-order valence-corrected chi connectivity index (χ4v) is 1.86. The summed E-state index contributed by atoms with van der Waals surface area (Å²) in [5, 5.41) is 11.2. The van der Waals surface area contributed by atoms with Crippen molar-refractivity contribution in [2.75, 3.05) is 0 Å². The highest BCUT2D eigenvalue weighted by Gasteiger charge is 2.03. The van der Waals surface area contributed by atoms with Crippen molar-refractivity contribution in [3.8, 4) is 11.3 Å². The quantitative estimate of drug-likeness (QED) is 0.667. The summed E-state index contributed by atoms with van der Waals surface area (Å²) in [4.78, 5) is 0. The number of hydrogen-bond acceptors (Lipinski definition) is 3. The molecule has 0 fully saturated rings. The molecule has 0 unspecified atom stereocenters. The Morgan fingerprint density at radius 1 is 1.12 bits per heavy atom. The zero-order valence-corrected chi connectivity index (χ0v) is 10.0.